The fourth-order valence-electron chi connectivity index (χ4n) is 4.73. The van der Waals surface area contributed by atoms with Crippen molar-refractivity contribution in [2.75, 3.05) is 20.8 Å². The molecule has 0 spiro atoms. The zero-order valence-corrected chi connectivity index (χ0v) is 22.4. The Hall–Kier alpha value is -2.77. The molecule has 0 fully saturated rings. The predicted octanol–water partition coefficient (Wildman–Crippen LogP) is 2.71. The van der Waals surface area contributed by atoms with Crippen LogP contribution < -0.4 is 15.2 Å². The molecule has 1 amide bonds. The van der Waals surface area contributed by atoms with Crippen molar-refractivity contribution < 1.29 is 27.2 Å². The number of ether oxygens (including phenoxy) is 2. The molecule has 36 heavy (non-hydrogen) atoms. The second-order valence-corrected chi connectivity index (χ2v) is 10.3. The number of fused-ring (bicyclic) bond motifs is 1. The number of halogens is 1. The summed E-state index contributed by atoms with van der Waals surface area (Å²) in [5, 5.41) is -0.580. The lowest BCUT2D eigenvalue weighted by Crippen LogP contribution is -2.52. The van der Waals surface area contributed by atoms with Crippen LogP contribution in [0.15, 0.2) is 41.4 Å². The molecule has 3 N–H and O–H groups in total. The number of carbonyl (C=O) groups excluding carboxylic acids is 1. The maximum absolute atomic E-state index is 12.5. The van der Waals surface area contributed by atoms with Crippen LogP contribution in [0.4, 0.5) is 0 Å². The van der Waals surface area contributed by atoms with E-state index in [2.05, 4.69) is 8.75 Å². The van der Waals surface area contributed by atoms with Crippen molar-refractivity contribution in [3.8, 4) is 11.5 Å². The number of nitrogens with zero attached hydrogens (tertiary/aromatic N) is 3. The summed E-state index contributed by atoms with van der Waals surface area (Å²) >= 11 is 0.652. The molecular weight excluding hydrogens is 528 g/mol. The normalized spacial score (nSPS) is 15.3. The lowest BCUT2D eigenvalue weighted by Gasteiger charge is -2.45. The van der Waals surface area contributed by atoms with Crippen LogP contribution in [0.3, 0.4) is 0 Å². The highest BCUT2D eigenvalue weighted by Crippen LogP contribution is 2.45. The minimum absolute atomic E-state index is 0. The van der Waals surface area contributed by atoms with Crippen LogP contribution in [0.25, 0.3) is 0 Å². The van der Waals surface area contributed by atoms with Crippen LogP contribution in [0.5, 0.6) is 11.5 Å². The van der Waals surface area contributed by atoms with Crippen molar-refractivity contribution in [2.24, 2.45) is 5.73 Å². The van der Waals surface area contributed by atoms with Crippen LogP contribution in [0.1, 0.15) is 34.4 Å². The molecule has 0 aliphatic carbocycles. The first-order chi connectivity index (χ1) is 16.6. The largest absolute Gasteiger partial charge is 0.493 e. The first-order valence-corrected chi connectivity index (χ1v) is 12.9. The number of benzene rings is 2. The van der Waals surface area contributed by atoms with Gasteiger partial charge in [0, 0.05) is 13.1 Å². The highest BCUT2D eigenvalue weighted by Gasteiger charge is 2.48. The molecule has 0 bridgehead atoms. The highest BCUT2D eigenvalue weighted by atomic mass is 35.5. The van der Waals surface area contributed by atoms with Crippen molar-refractivity contribution in [3.05, 3.63) is 64.3 Å². The van der Waals surface area contributed by atoms with E-state index in [9.17, 15) is 17.8 Å². The van der Waals surface area contributed by atoms with Crippen LogP contribution in [0, 0.1) is 6.92 Å². The fraction of sp³-hybridized carbons (Fsp3) is 0.348. The van der Waals surface area contributed by atoms with Crippen LogP contribution in [-0.4, -0.2) is 53.3 Å². The van der Waals surface area contributed by atoms with E-state index in [4.69, 9.17) is 15.2 Å². The fourth-order valence-corrected chi connectivity index (χ4v) is 6.25. The van der Waals surface area contributed by atoms with Gasteiger partial charge in [0.25, 0.3) is 0 Å². The topological polar surface area (TPSA) is 145 Å². The molecule has 2 aromatic carbocycles. The Kier molecular flexibility index (Phi) is 8.26. The van der Waals surface area contributed by atoms with Gasteiger partial charge >= 0.3 is 10.1 Å². The molecule has 194 valence electrons. The maximum atomic E-state index is 12.5. The van der Waals surface area contributed by atoms with Gasteiger partial charge < -0.3 is 15.2 Å². The van der Waals surface area contributed by atoms with E-state index >= 15 is 0 Å². The van der Waals surface area contributed by atoms with Crippen LogP contribution in [0.2, 0.25) is 0 Å². The third kappa shape index (κ3) is 5.04. The monoisotopic (exact) mass is 554 g/mol. The smallest absolute Gasteiger partial charge is 0.315 e. The summed E-state index contributed by atoms with van der Waals surface area (Å²) in [5.74, 6) is 0.510. The number of methoxy groups -OCH3 is 2. The molecule has 1 aliphatic rings. The number of hydrogen-bond donors (Lipinski definition) is 2. The van der Waals surface area contributed by atoms with Gasteiger partial charge in [0.15, 0.2) is 11.5 Å². The average Bonchev–Trinajstić information content (AvgIpc) is 3.32. The first kappa shape index (κ1) is 27.8. The molecule has 10 nitrogen and oxygen atoms in total. The molecule has 0 radical (unpaired) electrons. The molecule has 4 rings (SSSR count). The number of hydrogen-bond acceptors (Lipinski definition) is 9. The Morgan fingerprint density at radius 1 is 1.17 bits per heavy atom. The Labute approximate surface area is 219 Å². The standard InChI is InChI=1S/C23H26N4O6S2.ClH/c1-14-5-4-6-17(9-14)23(12-20(24)28,21-22(26-34-25-21)35(29,30)31)27-8-7-15-10-18(32-2)19(33-3)11-16(15)13-27;/h4-6,9-11H,7-8,12-13H2,1-3H3,(H2,24,28)(H,29,30,31);1H. The van der Waals surface area contributed by atoms with Gasteiger partial charge in [-0.1, -0.05) is 29.8 Å². The quantitative estimate of drug-likeness (QED) is 0.401. The summed E-state index contributed by atoms with van der Waals surface area (Å²) in [7, 11) is -1.60. The Bertz CT molecular complexity index is 1380. The van der Waals surface area contributed by atoms with E-state index in [1.54, 1.807) is 20.3 Å². The van der Waals surface area contributed by atoms with E-state index < -0.39 is 26.6 Å². The van der Waals surface area contributed by atoms with Crippen molar-refractivity contribution in [2.45, 2.75) is 36.9 Å². The third-order valence-corrected chi connectivity index (χ3v) is 7.70. The Morgan fingerprint density at radius 3 is 2.42 bits per heavy atom. The van der Waals surface area contributed by atoms with Gasteiger partial charge in [0.2, 0.25) is 10.9 Å². The Morgan fingerprint density at radius 2 is 1.83 bits per heavy atom. The summed E-state index contributed by atoms with van der Waals surface area (Å²) in [5.41, 5.74) is 7.82. The number of rotatable bonds is 8. The number of amides is 1. The lowest BCUT2D eigenvalue weighted by molar-refractivity contribution is -0.121. The van der Waals surface area contributed by atoms with Gasteiger partial charge in [-0.3, -0.25) is 14.2 Å². The molecule has 1 aromatic heterocycles. The molecular formula is C23H27ClN4O6S2. The Balaban J connectivity index is 0.00000361. The van der Waals surface area contributed by atoms with E-state index in [1.165, 1.54) is 0 Å². The molecule has 1 unspecified atom stereocenters. The second-order valence-electron chi connectivity index (χ2n) is 8.41. The number of aromatic nitrogens is 2. The van der Waals surface area contributed by atoms with Gasteiger partial charge in [-0.2, -0.15) is 17.2 Å². The number of carbonyl (C=O) groups is 1. The summed E-state index contributed by atoms with van der Waals surface area (Å²) in [6, 6.07) is 11.2. The summed E-state index contributed by atoms with van der Waals surface area (Å²) in [6.45, 7) is 2.68. The molecule has 1 atom stereocenters. The molecule has 1 aliphatic heterocycles. The molecule has 0 saturated carbocycles. The van der Waals surface area contributed by atoms with Crippen LogP contribution in [-0.2, 0) is 33.4 Å². The lowest BCUT2D eigenvalue weighted by atomic mass is 9.79. The average molecular weight is 555 g/mol. The first-order valence-electron chi connectivity index (χ1n) is 10.7. The number of aryl methyl sites for hydroxylation is 1. The van der Waals surface area contributed by atoms with Crippen molar-refractivity contribution in [1.29, 1.82) is 0 Å². The third-order valence-electron chi connectivity index (χ3n) is 6.28. The molecule has 2 heterocycles. The molecule has 0 saturated heterocycles. The zero-order chi connectivity index (χ0) is 25.4. The van der Waals surface area contributed by atoms with Gasteiger partial charge in [-0.15, -0.1) is 12.4 Å². The van der Waals surface area contributed by atoms with E-state index in [1.807, 2.05) is 42.2 Å². The van der Waals surface area contributed by atoms with E-state index in [0.717, 1.165) is 16.7 Å². The van der Waals surface area contributed by atoms with Gasteiger partial charge in [-0.25, -0.2) is 0 Å². The number of primary amides is 1. The van der Waals surface area contributed by atoms with Gasteiger partial charge in [0.05, 0.1) is 32.4 Å². The van der Waals surface area contributed by atoms with Crippen molar-refractivity contribution in [1.82, 2.24) is 13.6 Å². The summed E-state index contributed by atoms with van der Waals surface area (Å²) < 4.78 is 53.6. The molecule has 13 heteroatoms. The summed E-state index contributed by atoms with van der Waals surface area (Å²) in [6.07, 6.45) is 0.313. The van der Waals surface area contributed by atoms with Crippen molar-refractivity contribution >= 4 is 40.2 Å². The van der Waals surface area contributed by atoms with Crippen molar-refractivity contribution in [3.63, 3.8) is 0 Å². The minimum Gasteiger partial charge on any atom is -0.493 e. The minimum atomic E-state index is -4.72. The summed E-state index contributed by atoms with van der Waals surface area (Å²) in [4.78, 5) is 14.5. The van der Waals surface area contributed by atoms with Crippen LogP contribution >= 0.6 is 24.1 Å². The maximum Gasteiger partial charge on any atom is 0.315 e. The van der Waals surface area contributed by atoms with Gasteiger partial charge in [-0.05, 0) is 42.2 Å². The second kappa shape index (κ2) is 10.7. The predicted molar refractivity (Wildman–Crippen MR) is 136 cm³/mol. The van der Waals surface area contributed by atoms with E-state index in [0.29, 0.717) is 48.3 Å². The van der Waals surface area contributed by atoms with Gasteiger partial charge in [0.1, 0.15) is 11.2 Å². The SMILES string of the molecule is COc1cc2c(cc1OC)CN(C(CC(N)=O)(c1cccc(C)c1)c1nsnc1S(=O)(=O)O)CC2.Cl. The highest BCUT2D eigenvalue weighted by molar-refractivity contribution is 7.85. The molecule has 3 aromatic rings. The zero-order valence-electron chi connectivity index (χ0n) is 19.9. The number of nitrogens with two attached hydrogens (primary N) is 1. The van der Waals surface area contributed by atoms with E-state index in [-0.39, 0.29) is 24.5 Å².